The molecule has 1 aromatic rings. The van der Waals surface area contributed by atoms with Crippen molar-refractivity contribution in [1.82, 2.24) is 4.90 Å². The molecule has 0 heterocycles. The molecule has 2 aliphatic rings. The molecule has 1 aromatic carbocycles. The second-order valence-corrected chi connectivity index (χ2v) is 7.10. The SMILES string of the molecule is N#Cc1cc(NC2CC(N(CC(=O)O)CC3CC3)C2)ccc1C(F)(F)F. The molecule has 2 aliphatic carbocycles. The zero-order valence-corrected chi connectivity index (χ0v) is 14.1. The van der Waals surface area contributed by atoms with Crippen LogP contribution in [0.3, 0.4) is 0 Å². The molecule has 0 spiro atoms. The number of alkyl halides is 3. The van der Waals surface area contributed by atoms with Crippen molar-refractivity contribution in [2.24, 2.45) is 5.92 Å². The van der Waals surface area contributed by atoms with E-state index in [9.17, 15) is 18.0 Å². The molecule has 0 bridgehead atoms. The lowest BCUT2D eigenvalue weighted by atomic mass is 9.85. The van der Waals surface area contributed by atoms with Gasteiger partial charge in [0.1, 0.15) is 0 Å². The van der Waals surface area contributed by atoms with Crippen molar-refractivity contribution < 1.29 is 23.1 Å². The predicted molar refractivity (Wildman–Crippen MR) is 88.5 cm³/mol. The minimum Gasteiger partial charge on any atom is -0.480 e. The molecular formula is C18H20F3N3O2. The first-order chi connectivity index (χ1) is 12.3. The molecule has 0 unspecified atom stereocenters. The third kappa shape index (κ3) is 4.47. The summed E-state index contributed by atoms with van der Waals surface area (Å²) in [5.41, 5.74) is -0.862. The maximum absolute atomic E-state index is 12.8. The fraction of sp³-hybridized carbons (Fsp3) is 0.556. The van der Waals surface area contributed by atoms with Crippen LogP contribution >= 0.6 is 0 Å². The molecule has 0 atom stereocenters. The second kappa shape index (κ2) is 7.16. The van der Waals surface area contributed by atoms with Crippen LogP contribution in [0.5, 0.6) is 0 Å². The van der Waals surface area contributed by atoms with Gasteiger partial charge in [0.25, 0.3) is 0 Å². The minimum atomic E-state index is -4.55. The summed E-state index contributed by atoms with van der Waals surface area (Å²) >= 11 is 0. The summed E-state index contributed by atoms with van der Waals surface area (Å²) in [7, 11) is 0. The van der Waals surface area contributed by atoms with Gasteiger partial charge in [0, 0.05) is 24.3 Å². The molecule has 140 valence electrons. The van der Waals surface area contributed by atoms with E-state index in [0.717, 1.165) is 38.3 Å². The van der Waals surface area contributed by atoms with Crippen molar-refractivity contribution in [2.45, 2.75) is 43.9 Å². The van der Waals surface area contributed by atoms with Gasteiger partial charge in [0.05, 0.1) is 23.7 Å². The Kier molecular flexibility index (Phi) is 5.10. The van der Waals surface area contributed by atoms with Crippen molar-refractivity contribution >= 4 is 11.7 Å². The zero-order valence-electron chi connectivity index (χ0n) is 14.1. The topological polar surface area (TPSA) is 76.4 Å². The summed E-state index contributed by atoms with van der Waals surface area (Å²) < 4.78 is 38.5. The number of hydrogen-bond donors (Lipinski definition) is 2. The number of carboxylic acid groups (broad SMARTS) is 1. The van der Waals surface area contributed by atoms with Crippen molar-refractivity contribution in [1.29, 1.82) is 5.26 Å². The molecule has 0 radical (unpaired) electrons. The number of halogens is 3. The Hall–Kier alpha value is -2.27. The highest BCUT2D eigenvalue weighted by atomic mass is 19.4. The van der Waals surface area contributed by atoms with E-state index >= 15 is 0 Å². The number of benzene rings is 1. The summed E-state index contributed by atoms with van der Waals surface area (Å²) in [6, 6.07) is 5.30. The highest BCUT2D eigenvalue weighted by molar-refractivity contribution is 5.69. The average Bonchev–Trinajstić information content (AvgIpc) is 3.32. The number of rotatable bonds is 7. The third-order valence-corrected chi connectivity index (χ3v) is 4.97. The van der Waals surface area contributed by atoms with Crippen LogP contribution in [0.4, 0.5) is 18.9 Å². The van der Waals surface area contributed by atoms with Gasteiger partial charge in [0.15, 0.2) is 0 Å². The van der Waals surface area contributed by atoms with Gasteiger partial charge in [-0.25, -0.2) is 0 Å². The predicted octanol–water partition coefficient (Wildman–Crippen LogP) is 3.32. The normalized spacial score (nSPS) is 22.6. The quantitative estimate of drug-likeness (QED) is 0.773. The smallest absolute Gasteiger partial charge is 0.417 e. The second-order valence-electron chi connectivity index (χ2n) is 7.10. The molecule has 5 nitrogen and oxygen atoms in total. The molecule has 0 amide bonds. The fourth-order valence-electron chi connectivity index (χ4n) is 3.36. The highest BCUT2D eigenvalue weighted by Gasteiger charge is 2.37. The van der Waals surface area contributed by atoms with Crippen molar-refractivity contribution in [3.8, 4) is 6.07 Å². The van der Waals surface area contributed by atoms with Crippen LogP contribution in [0.2, 0.25) is 0 Å². The fourth-order valence-corrected chi connectivity index (χ4v) is 3.36. The zero-order chi connectivity index (χ0) is 18.9. The molecule has 0 aliphatic heterocycles. The van der Waals surface area contributed by atoms with Crippen molar-refractivity contribution in [2.75, 3.05) is 18.4 Å². The molecular weight excluding hydrogens is 347 g/mol. The molecule has 0 saturated heterocycles. The Balaban J connectivity index is 1.58. The Morgan fingerprint density at radius 2 is 2.04 bits per heavy atom. The first-order valence-electron chi connectivity index (χ1n) is 8.60. The molecule has 2 N–H and O–H groups in total. The molecule has 0 aromatic heterocycles. The van der Waals surface area contributed by atoms with Gasteiger partial charge >= 0.3 is 12.1 Å². The average molecular weight is 367 g/mol. The molecule has 26 heavy (non-hydrogen) atoms. The van der Waals surface area contributed by atoms with E-state index in [1.807, 2.05) is 4.90 Å². The van der Waals surface area contributed by atoms with Crippen molar-refractivity contribution in [3.63, 3.8) is 0 Å². The van der Waals surface area contributed by atoms with E-state index < -0.39 is 23.3 Å². The van der Waals surface area contributed by atoms with Gasteiger partial charge in [0.2, 0.25) is 0 Å². The van der Waals surface area contributed by atoms with E-state index in [0.29, 0.717) is 11.6 Å². The maximum atomic E-state index is 12.8. The van der Waals surface area contributed by atoms with Crippen LogP contribution in [0, 0.1) is 17.2 Å². The van der Waals surface area contributed by atoms with Crippen LogP contribution < -0.4 is 5.32 Å². The van der Waals surface area contributed by atoms with Gasteiger partial charge in [-0.1, -0.05) is 0 Å². The number of aliphatic carboxylic acids is 1. The molecule has 2 fully saturated rings. The number of nitrogens with zero attached hydrogens (tertiary/aromatic N) is 2. The molecule has 8 heteroatoms. The summed E-state index contributed by atoms with van der Waals surface area (Å²) in [5, 5.41) is 21.2. The Bertz CT molecular complexity index is 719. The third-order valence-electron chi connectivity index (χ3n) is 4.97. The van der Waals surface area contributed by atoms with Crippen LogP contribution in [-0.4, -0.2) is 41.1 Å². The molecule has 3 rings (SSSR count). The lowest BCUT2D eigenvalue weighted by Crippen LogP contribution is -2.52. The summed E-state index contributed by atoms with van der Waals surface area (Å²) in [4.78, 5) is 13.0. The minimum absolute atomic E-state index is 0.0206. The van der Waals surface area contributed by atoms with Gasteiger partial charge in [-0.2, -0.15) is 18.4 Å². The number of carbonyl (C=O) groups is 1. The van der Waals surface area contributed by atoms with Crippen LogP contribution in [0.15, 0.2) is 18.2 Å². The van der Waals surface area contributed by atoms with Crippen molar-refractivity contribution in [3.05, 3.63) is 29.3 Å². The maximum Gasteiger partial charge on any atom is 0.417 e. The van der Waals surface area contributed by atoms with Gasteiger partial charge < -0.3 is 10.4 Å². The van der Waals surface area contributed by atoms with Crippen LogP contribution in [0.25, 0.3) is 0 Å². The number of nitrogens with one attached hydrogen (secondary N) is 1. The number of carboxylic acids is 1. The molecule has 2 saturated carbocycles. The summed E-state index contributed by atoms with van der Waals surface area (Å²) in [6.07, 6.45) is -0.781. The Labute approximate surface area is 149 Å². The largest absolute Gasteiger partial charge is 0.480 e. The Morgan fingerprint density at radius 3 is 2.58 bits per heavy atom. The van der Waals surface area contributed by atoms with E-state index in [1.54, 1.807) is 6.07 Å². The van der Waals surface area contributed by atoms with Crippen LogP contribution in [-0.2, 0) is 11.0 Å². The van der Waals surface area contributed by atoms with E-state index in [2.05, 4.69) is 5.32 Å². The van der Waals surface area contributed by atoms with E-state index in [4.69, 9.17) is 10.4 Å². The Morgan fingerprint density at radius 1 is 1.35 bits per heavy atom. The lowest BCUT2D eigenvalue weighted by molar-refractivity contribution is -0.140. The first kappa shape index (κ1) is 18.5. The summed E-state index contributed by atoms with van der Waals surface area (Å²) in [5.74, 6) is -0.252. The lowest BCUT2D eigenvalue weighted by Gasteiger charge is -2.43. The number of nitriles is 1. The van der Waals surface area contributed by atoms with Crippen LogP contribution in [0.1, 0.15) is 36.8 Å². The standard InChI is InChI=1S/C18H20F3N3O2/c19-18(20,21)16-4-3-13(5-12(16)8-22)23-14-6-15(7-14)24(10-17(25)26)9-11-1-2-11/h3-5,11,14-15,23H,1-2,6-7,9-10H2,(H,25,26). The van der Waals surface area contributed by atoms with E-state index in [1.165, 1.54) is 12.1 Å². The first-order valence-corrected chi connectivity index (χ1v) is 8.60. The monoisotopic (exact) mass is 367 g/mol. The van der Waals surface area contributed by atoms with E-state index in [-0.39, 0.29) is 18.6 Å². The van der Waals surface area contributed by atoms with Gasteiger partial charge in [-0.15, -0.1) is 0 Å². The highest BCUT2D eigenvalue weighted by Crippen LogP contribution is 2.36. The summed E-state index contributed by atoms with van der Waals surface area (Å²) in [6.45, 7) is 0.815. The number of hydrogen-bond acceptors (Lipinski definition) is 4. The number of anilines is 1. The van der Waals surface area contributed by atoms with Gasteiger partial charge in [-0.05, 0) is 49.8 Å². The van der Waals surface area contributed by atoms with Gasteiger partial charge in [-0.3, -0.25) is 9.69 Å².